The number of aromatic nitrogens is 2. The van der Waals surface area contributed by atoms with Crippen LogP contribution in [-0.2, 0) is 10.0 Å². The minimum atomic E-state index is -3.84. The Morgan fingerprint density at radius 1 is 1.67 bits per heavy atom. The van der Waals surface area contributed by atoms with Gasteiger partial charge in [0.05, 0.1) is 6.20 Å². The van der Waals surface area contributed by atoms with E-state index in [2.05, 4.69) is 14.9 Å². The van der Waals surface area contributed by atoms with Gasteiger partial charge >= 0.3 is 5.97 Å². The van der Waals surface area contributed by atoms with Crippen LogP contribution in [0.2, 0.25) is 0 Å². The monoisotopic (exact) mass is 273 g/mol. The summed E-state index contributed by atoms with van der Waals surface area (Å²) in [7, 11) is -3.84. The fourth-order valence-electron chi connectivity index (χ4n) is 1.78. The summed E-state index contributed by atoms with van der Waals surface area (Å²) in [5.74, 6) is -0.483. The first kappa shape index (κ1) is 13.0. The summed E-state index contributed by atoms with van der Waals surface area (Å²) in [6.45, 7) is 2.29. The number of hydrogen-bond donors (Lipinski definition) is 3. The van der Waals surface area contributed by atoms with E-state index >= 15 is 0 Å². The maximum absolute atomic E-state index is 11.9. The average molecular weight is 273 g/mol. The number of carbonyl (C=O) groups is 1. The van der Waals surface area contributed by atoms with Gasteiger partial charge in [-0.15, -0.1) is 0 Å². The van der Waals surface area contributed by atoms with Crippen molar-refractivity contribution in [2.75, 3.05) is 6.54 Å². The van der Waals surface area contributed by atoms with Crippen molar-refractivity contribution in [2.45, 2.75) is 24.8 Å². The molecule has 1 atom stereocenters. The van der Waals surface area contributed by atoms with Crippen molar-refractivity contribution in [2.24, 2.45) is 11.8 Å². The van der Waals surface area contributed by atoms with Crippen LogP contribution in [0.25, 0.3) is 0 Å². The highest BCUT2D eigenvalue weighted by molar-refractivity contribution is 7.89. The molecule has 0 aliphatic heterocycles. The van der Waals surface area contributed by atoms with E-state index in [4.69, 9.17) is 5.11 Å². The van der Waals surface area contributed by atoms with Gasteiger partial charge < -0.3 is 5.11 Å². The van der Waals surface area contributed by atoms with Gasteiger partial charge in [0.1, 0.15) is 5.56 Å². The van der Waals surface area contributed by atoms with E-state index in [-0.39, 0.29) is 11.5 Å². The third-order valence-corrected chi connectivity index (χ3v) is 4.52. The lowest BCUT2D eigenvalue weighted by Gasteiger charge is -2.11. The molecular weight excluding hydrogens is 258 g/mol. The summed E-state index contributed by atoms with van der Waals surface area (Å²) >= 11 is 0. The first-order valence-electron chi connectivity index (χ1n) is 5.68. The molecule has 3 N–H and O–H groups in total. The second-order valence-electron chi connectivity index (χ2n) is 4.58. The zero-order valence-corrected chi connectivity index (χ0v) is 10.7. The molecule has 1 aromatic heterocycles. The minimum Gasteiger partial charge on any atom is -0.478 e. The van der Waals surface area contributed by atoms with Crippen molar-refractivity contribution in [3.05, 3.63) is 11.8 Å². The second kappa shape index (κ2) is 4.69. The van der Waals surface area contributed by atoms with E-state index in [1.54, 1.807) is 0 Å². The van der Waals surface area contributed by atoms with Crippen molar-refractivity contribution >= 4 is 16.0 Å². The van der Waals surface area contributed by atoms with E-state index < -0.39 is 21.0 Å². The van der Waals surface area contributed by atoms with Crippen LogP contribution < -0.4 is 4.72 Å². The summed E-state index contributed by atoms with van der Waals surface area (Å²) < 4.78 is 26.3. The molecule has 0 bridgehead atoms. The molecule has 7 nitrogen and oxygen atoms in total. The van der Waals surface area contributed by atoms with Crippen LogP contribution in [0.4, 0.5) is 0 Å². The van der Waals surface area contributed by atoms with Gasteiger partial charge in [-0.25, -0.2) is 17.9 Å². The molecule has 1 aromatic rings. The number of carboxylic acid groups (broad SMARTS) is 1. The SMILES string of the molecule is CC(CNS(=O)(=O)c1[nH]ncc1C(=O)O)C1CC1. The van der Waals surface area contributed by atoms with Gasteiger partial charge in [-0.1, -0.05) is 6.92 Å². The number of nitrogens with one attached hydrogen (secondary N) is 2. The quantitative estimate of drug-likeness (QED) is 0.696. The molecule has 100 valence electrons. The molecule has 1 heterocycles. The summed E-state index contributed by atoms with van der Waals surface area (Å²) in [5.41, 5.74) is -0.346. The Morgan fingerprint density at radius 2 is 2.33 bits per heavy atom. The third kappa shape index (κ3) is 2.70. The topological polar surface area (TPSA) is 112 Å². The molecule has 1 unspecified atom stereocenters. The van der Waals surface area contributed by atoms with E-state index in [1.807, 2.05) is 6.92 Å². The molecule has 1 aliphatic rings. The Balaban J connectivity index is 2.09. The Labute approximate surface area is 105 Å². The molecule has 0 saturated heterocycles. The van der Waals surface area contributed by atoms with Crippen molar-refractivity contribution in [3.63, 3.8) is 0 Å². The van der Waals surface area contributed by atoms with Crippen molar-refractivity contribution in [1.82, 2.24) is 14.9 Å². The molecule has 0 aromatic carbocycles. The van der Waals surface area contributed by atoms with Crippen molar-refractivity contribution < 1.29 is 18.3 Å². The summed E-state index contributed by atoms with van der Waals surface area (Å²) in [5, 5.41) is 14.1. The van der Waals surface area contributed by atoms with Gasteiger partial charge in [0.25, 0.3) is 10.0 Å². The highest BCUT2D eigenvalue weighted by atomic mass is 32.2. The first-order valence-corrected chi connectivity index (χ1v) is 7.16. The van der Waals surface area contributed by atoms with Crippen LogP contribution in [0.15, 0.2) is 11.2 Å². The molecule has 2 rings (SSSR count). The van der Waals surface area contributed by atoms with Crippen LogP contribution in [0.1, 0.15) is 30.1 Å². The Bertz CT molecular complexity index is 547. The molecule has 0 amide bonds. The minimum absolute atomic E-state index is 0.260. The number of aromatic amines is 1. The standard InChI is InChI=1S/C10H15N3O4S/c1-6(7-2-3-7)4-12-18(16,17)9-8(10(14)15)5-11-13-9/h5-7,12H,2-4H2,1H3,(H,11,13)(H,14,15). The average Bonchev–Trinajstić information content (AvgIpc) is 3.01. The zero-order valence-electron chi connectivity index (χ0n) is 9.88. The first-order chi connectivity index (χ1) is 8.42. The molecular formula is C10H15N3O4S. The van der Waals surface area contributed by atoms with Crippen molar-refractivity contribution in [3.8, 4) is 0 Å². The van der Waals surface area contributed by atoms with Crippen molar-refractivity contribution in [1.29, 1.82) is 0 Å². The van der Waals surface area contributed by atoms with Gasteiger partial charge in [-0.2, -0.15) is 5.10 Å². The Kier molecular flexibility index (Phi) is 3.40. The third-order valence-electron chi connectivity index (χ3n) is 3.13. The highest BCUT2D eigenvalue weighted by Gasteiger charge is 2.30. The molecule has 0 spiro atoms. The molecule has 1 fully saturated rings. The van der Waals surface area contributed by atoms with E-state index in [0.717, 1.165) is 19.0 Å². The Morgan fingerprint density at radius 3 is 2.89 bits per heavy atom. The molecule has 18 heavy (non-hydrogen) atoms. The largest absolute Gasteiger partial charge is 0.478 e. The predicted octanol–water partition coefficient (Wildman–Crippen LogP) is 0.432. The smallest absolute Gasteiger partial charge is 0.340 e. The van der Waals surface area contributed by atoms with Gasteiger partial charge in [-0.05, 0) is 24.7 Å². The predicted molar refractivity (Wildman–Crippen MR) is 62.6 cm³/mol. The molecule has 8 heteroatoms. The number of carboxylic acids is 1. The van der Waals surface area contributed by atoms with Gasteiger partial charge in [-0.3, -0.25) is 5.10 Å². The summed E-state index contributed by atoms with van der Waals surface area (Å²) in [6.07, 6.45) is 3.25. The lowest BCUT2D eigenvalue weighted by atomic mass is 10.1. The highest BCUT2D eigenvalue weighted by Crippen LogP contribution is 2.36. The number of nitrogens with zero attached hydrogens (tertiary/aromatic N) is 1. The maximum Gasteiger partial charge on any atom is 0.340 e. The normalized spacial score (nSPS) is 17.6. The lowest BCUT2D eigenvalue weighted by molar-refractivity contribution is 0.0692. The summed E-state index contributed by atoms with van der Waals surface area (Å²) in [6, 6.07) is 0. The van der Waals surface area contributed by atoms with Gasteiger partial charge in [0.15, 0.2) is 5.03 Å². The van der Waals surface area contributed by atoms with E-state index in [9.17, 15) is 13.2 Å². The van der Waals surface area contributed by atoms with Crippen LogP contribution >= 0.6 is 0 Å². The number of hydrogen-bond acceptors (Lipinski definition) is 4. The molecule has 1 saturated carbocycles. The fraction of sp³-hybridized carbons (Fsp3) is 0.600. The number of H-pyrrole nitrogens is 1. The second-order valence-corrected chi connectivity index (χ2v) is 6.29. The number of sulfonamides is 1. The molecule has 0 radical (unpaired) electrons. The lowest BCUT2D eigenvalue weighted by Crippen LogP contribution is -2.30. The van der Waals surface area contributed by atoms with E-state index in [0.29, 0.717) is 12.5 Å². The number of rotatable bonds is 6. The number of aromatic carboxylic acids is 1. The fourth-order valence-corrected chi connectivity index (χ4v) is 3.01. The van der Waals surface area contributed by atoms with Gasteiger partial charge in [0.2, 0.25) is 0 Å². The van der Waals surface area contributed by atoms with Crippen LogP contribution in [-0.4, -0.2) is 36.2 Å². The maximum atomic E-state index is 11.9. The molecule has 1 aliphatic carbocycles. The van der Waals surface area contributed by atoms with E-state index in [1.165, 1.54) is 0 Å². The van der Waals surface area contributed by atoms with Crippen LogP contribution in [0, 0.1) is 11.8 Å². The van der Waals surface area contributed by atoms with Crippen LogP contribution in [0.5, 0.6) is 0 Å². The Hall–Kier alpha value is -1.41. The van der Waals surface area contributed by atoms with Crippen LogP contribution in [0.3, 0.4) is 0 Å². The summed E-state index contributed by atoms with van der Waals surface area (Å²) in [4.78, 5) is 10.8. The zero-order chi connectivity index (χ0) is 13.3. The van der Waals surface area contributed by atoms with Gasteiger partial charge in [0, 0.05) is 6.54 Å².